The first-order valence-corrected chi connectivity index (χ1v) is 10.4. The molecule has 0 aliphatic carbocycles. The van der Waals surface area contributed by atoms with Gasteiger partial charge >= 0.3 is 0 Å². The summed E-state index contributed by atoms with van der Waals surface area (Å²) in [6.45, 7) is 6.00. The zero-order valence-electron chi connectivity index (χ0n) is 14.3. The summed E-state index contributed by atoms with van der Waals surface area (Å²) in [5.74, 6) is 0. The fourth-order valence-corrected chi connectivity index (χ4v) is 4.43. The van der Waals surface area contributed by atoms with Crippen molar-refractivity contribution in [1.29, 1.82) is 0 Å². The van der Waals surface area contributed by atoms with Gasteiger partial charge in [-0.2, -0.15) is 0 Å². The van der Waals surface area contributed by atoms with Gasteiger partial charge in [-0.1, -0.05) is 53.2 Å². The molecule has 7 heteroatoms. The Labute approximate surface area is 166 Å². The van der Waals surface area contributed by atoms with Crippen molar-refractivity contribution in [2.24, 2.45) is 0 Å². The molecule has 2 aromatic carbocycles. The number of halogens is 2. The smallest absolute Gasteiger partial charge is 0.136 e. The van der Waals surface area contributed by atoms with Crippen molar-refractivity contribution in [2.45, 2.75) is 48.5 Å². The van der Waals surface area contributed by atoms with Gasteiger partial charge in [0.25, 0.3) is 0 Å². The fourth-order valence-electron chi connectivity index (χ4n) is 2.05. The van der Waals surface area contributed by atoms with Crippen LogP contribution < -0.4 is 4.72 Å². The Kier molecular flexibility index (Phi) is 7.52. The van der Waals surface area contributed by atoms with Crippen LogP contribution in [-0.2, 0) is 24.5 Å². The monoisotopic (exact) mass is 417 g/mol. The van der Waals surface area contributed by atoms with E-state index in [0.717, 1.165) is 20.9 Å². The van der Waals surface area contributed by atoms with E-state index in [4.69, 9.17) is 23.2 Å². The van der Waals surface area contributed by atoms with Gasteiger partial charge in [-0.25, -0.2) is 0 Å². The number of aliphatic hydroxyl groups excluding tert-OH is 1. The standard InChI is InChI=1S/C18H21Cl2NO2S2/c1-18(2,3)25(23)21-10-13-14(19)8-9-15(20)17(13)24-16-7-5-4-6-12(16)11-22/h4-9,21-22H,10-11H2,1-3H3. The van der Waals surface area contributed by atoms with E-state index in [9.17, 15) is 9.66 Å². The highest BCUT2D eigenvalue weighted by Crippen LogP contribution is 2.40. The zero-order valence-corrected chi connectivity index (χ0v) is 17.5. The van der Waals surface area contributed by atoms with Crippen LogP contribution in [-0.4, -0.2) is 14.4 Å². The Bertz CT molecular complexity index is 736. The topological polar surface area (TPSA) is 55.3 Å². The van der Waals surface area contributed by atoms with Crippen LogP contribution in [0.5, 0.6) is 0 Å². The molecule has 0 aromatic heterocycles. The Balaban J connectivity index is 2.33. The minimum Gasteiger partial charge on any atom is -0.598 e. The predicted octanol–water partition coefficient (Wildman–Crippen LogP) is 5.19. The molecule has 25 heavy (non-hydrogen) atoms. The van der Waals surface area contributed by atoms with Crippen LogP contribution >= 0.6 is 35.0 Å². The largest absolute Gasteiger partial charge is 0.598 e. The second-order valence-electron chi connectivity index (χ2n) is 6.41. The number of hydrogen-bond donors (Lipinski definition) is 2. The van der Waals surface area contributed by atoms with Crippen LogP contribution in [0, 0.1) is 0 Å². The predicted molar refractivity (Wildman–Crippen MR) is 108 cm³/mol. The first-order chi connectivity index (χ1) is 11.7. The van der Waals surface area contributed by atoms with E-state index in [0.29, 0.717) is 16.6 Å². The SMILES string of the molecule is CC(C)(C)[S+]([O-])NCc1c(Cl)ccc(Cl)c1Sc1ccccc1CO. The molecule has 0 aliphatic rings. The Morgan fingerprint density at radius 2 is 1.76 bits per heavy atom. The number of nitrogens with one attached hydrogen (secondary N) is 1. The van der Waals surface area contributed by atoms with Gasteiger partial charge in [0.05, 0.1) is 18.2 Å². The second kappa shape index (κ2) is 9.00. The van der Waals surface area contributed by atoms with E-state index in [1.54, 1.807) is 12.1 Å². The highest BCUT2D eigenvalue weighted by Gasteiger charge is 2.27. The molecule has 2 N–H and O–H groups in total. The van der Waals surface area contributed by atoms with E-state index >= 15 is 0 Å². The zero-order chi connectivity index (χ0) is 18.6. The summed E-state index contributed by atoms with van der Waals surface area (Å²) in [5.41, 5.74) is 1.62. The van der Waals surface area contributed by atoms with Crippen LogP contribution in [0.1, 0.15) is 31.9 Å². The van der Waals surface area contributed by atoms with Crippen LogP contribution in [0.25, 0.3) is 0 Å². The number of aliphatic hydroxyl groups is 1. The summed E-state index contributed by atoms with van der Waals surface area (Å²) in [6.07, 6.45) is 0. The Morgan fingerprint density at radius 1 is 1.12 bits per heavy atom. The molecule has 0 bridgehead atoms. The molecule has 2 rings (SSSR count). The van der Waals surface area contributed by atoms with Crippen molar-refractivity contribution in [3.05, 3.63) is 57.6 Å². The number of hydrogen-bond acceptors (Lipinski definition) is 4. The summed E-state index contributed by atoms with van der Waals surface area (Å²) < 4.78 is 14.9. The number of benzene rings is 2. The number of rotatable bonds is 6. The van der Waals surface area contributed by atoms with Gasteiger partial charge in [0.1, 0.15) is 4.75 Å². The van der Waals surface area contributed by atoms with Gasteiger partial charge in [-0.3, -0.25) is 0 Å². The lowest BCUT2D eigenvalue weighted by molar-refractivity contribution is 0.279. The molecule has 0 saturated carbocycles. The first kappa shape index (κ1) is 20.9. The normalized spacial score (nSPS) is 13.1. The molecule has 0 spiro atoms. The van der Waals surface area contributed by atoms with Crippen molar-refractivity contribution in [3.63, 3.8) is 0 Å². The van der Waals surface area contributed by atoms with Gasteiger partial charge in [0, 0.05) is 31.7 Å². The second-order valence-corrected chi connectivity index (χ2v) is 10.3. The van der Waals surface area contributed by atoms with Crippen molar-refractivity contribution in [2.75, 3.05) is 0 Å². The molecule has 2 aromatic rings. The lowest BCUT2D eigenvalue weighted by Gasteiger charge is -2.24. The van der Waals surface area contributed by atoms with Crippen molar-refractivity contribution >= 4 is 46.3 Å². The van der Waals surface area contributed by atoms with E-state index in [-0.39, 0.29) is 11.4 Å². The lowest BCUT2D eigenvalue weighted by Crippen LogP contribution is -2.39. The van der Waals surface area contributed by atoms with Crippen molar-refractivity contribution in [1.82, 2.24) is 4.72 Å². The average Bonchev–Trinajstić information content (AvgIpc) is 2.57. The van der Waals surface area contributed by atoms with Gasteiger partial charge < -0.3 is 9.66 Å². The third-order valence-corrected chi connectivity index (χ3v) is 7.04. The Hall–Kier alpha value is -0.400. The average molecular weight is 418 g/mol. The van der Waals surface area contributed by atoms with E-state index in [1.807, 2.05) is 45.0 Å². The lowest BCUT2D eigenvalue weighted by atomic mass is 10.2. The van der Waals surface area contributed by atoms with Crippen LogP contribution in [0.15, 0.2) is 46.2 Å². The molecular formula is C18H21Cl2NO2S2. The minimum atomic E-state index is -1.21. The third-order valence-electron chi connectivity index (χ3n) is 3.45. The van der Waals surface area contributed by atoms with Crippen molar-refractivity contribution in [3.8, 4) is 0 Å². The molecule has 0 aliphatic heterocycles. The maximum absolute atomic E-state index is 12.3. The Morgan fingerprint density at radius 3 is 2.40 bits per heavy atom. The van der Waals surface area contributed by atoms with Gasteiger partial charge in [-0.05, 0) is 44.5 Å². The molecule has 0 radical (unpaired) electrons. The van der Waals surface area contributed by atoms with Crippen molar-refractivity contribution < 1.29 is 9.66 Å². The third kappa shape index (κ3) is 5.54. The molecule has 0 fully saturated rings. The van der Waals surface area contributed by atoms with Gasteiger partial charge in [0.2, 0.25) is 0 Å². The highest BCUT2D eigenvalue weighted by molar-refractivity contribution is 7.99. The summed E-state index contributed by atoms with van der Waals surface area (Å²) in [6, 6.07) is 11.1. The summed E-state index contributed by atoms with van der Waals surface area (Å²) in [4.78, 5) is 1.71. The fraction of sp³-hybridized carbons (Fsp3) is 0.333. The van der Waals surface area contributed by atoms with Crippen LogP contribution in [0.4, 0.5) is 0 Å². The van der Waals surface area contributed by atoms with Crippen LogP contribution in [0.3, 0.4) is 0 Å². The quantitative estimate of drug-likeness (QED) is 0.634. The first-order valence-electron chi connectivity index (χ1n) is 7.73. The molecule has 136 valence electrons. The molecular weight excluding hydrogens is 397 g/mol. The van der Waals surface area contributed by atoms with Gasteiger partial charge in [0.15, 0.2) is 0 Å². The highest BCUT2D eigenvalue weighted by atomic mass is 35.5. The van der Waals surface area contributed by atoms with E-state index < -0.39 is 11.4 Å². The van der Waals surface area contributed by atoms with Gasteiger partial charge in [-0.15, -0.1) is 4.72 Å². The maximum atomic E-state index is 12.3. The molecule has 0 saturated heterocycles. The molecule has 0 heterocycles. The molecule has 1 atom stereocenters. The van der Waals surface area contributed by atoms with E-state index in [2.05, 4.69) is 4.72 Å². The summed E-state index contributed by atoms with van der Waals surface area (Å²) in [7, 11) is 0. The molecule has 1 unspecified atom stereocenters. The van der Waals surface area contributed by atoms with E-state index in [1.165, 1.54) is 11.8 Å². The minimum absolute atomic E-state index is 0.0526. The summed E-state index contributed by atoms with van der Waals surface area (Å²) >= 11 is 13.0. The molecule has 0 amide bonds. The summed E-state index contributed by atoms with van der Waals surface area (Å²) in [5, 5.41) is 10.7. The van der Waals surface area contributed by atoms with Crippen LogP contribution in [0.2, 0.25) is 10.0 Å². The molecule has 3 nitrogen and oxygen atoms in total. The maximum Gasteiger partial charge on any atom is 0.136 e.